The first kappa shape index (κ1) is 27.1. The zero-order valence-electron chi connectivity index (χ0n) is 20.9. The maximum absolute atomic E-state index is 12.9. The molecule has 0 spiro atoms. The van der Waals surface area contributed by atoms with E-state index in [0.29, 0.717) is 32.6 Å². The minimum atomic E-state index is -0.558. The molecule has 2 amide bonds. The van der Waals surface area contributed by atoms with Crippen LogP contribution in [-0.2, 0) is 25.6 Å². The Bertz CT molecular complexity index is 878. The number of hydrogen-bond acceptors (Lipinski definition) is 7. The summed E-state index contributed by atoms with van der Waals surface area (Å²) in [6.07, 6.45) is -0.265. The Kier molecular flexibility index (Phi) is 9.24. The highest BCUT2D eigenvalue weighted by Gasteiger charge is 2.41. The van der Waals surface area contributed by atoms with Crippen LogP contribution in [0.3, 0.4) is 0 Å². The van der Waals surface area contributed by atoms with Crippen molar-refractivity contribution in [2.75, 3.05) is 38.8 Å². The molecule has 10 heteroatoms. The topological polar surface area (TPSA) is 88.6 Å². The van der Waals surface area contributed by atoms with Crippen molar-refractivity contribution in [2.24, 2.45) is 5.92 Å². The number of carbonyl (C=O) groups is 3. The summed E-state index contributed by atoms with van der Waals surface area (Å²) >= 11 is 5.62. The molecule has 3 rings (SSSR count). The molecule has 1 aromatic carbocycles. The van der Waals surface area contributed by atoms with Crippen molar-refractivity contribution in [3.8, 4) is 0 Å². The molecule has 0 N–H and O–H groups in total. The average Bonchev–Trinajstić information content (AvgIpc) is 2.82. The van der Waals surface area contributed by atoms with Crippen LogP contribution in [0.2, 0.25) is 0 Å². The van der Waals surface area contributed by atoms with E-state index in [2.05, 4.69) is 4.90 Å². The molecule has 2 saturated heterocycles. The fraction of sp³-hybridized carbons (Fsp3) is 0.640. The van der Waals surface area contributed by atoms with Gasteiger partial charge in [0.2, 0.25) is 0 Å². The van der Waals surface area contributed by atoms with Crippen molar-refractivity contribution < 1.29 is 28.6 Å². The Morgan fingerprint density at radius 1 is 0.971 bits per heavy atom. The van der Waals surface area contributed by atoms with Gasteiger partial charge in [-0.2, -0.15) is 0 Å². The summed E-state index contributed by atoms with van der Waals surface area (Å²) < 4.78 is 16.1. The standard InChI is InChI=1S/C25H36ClN3O6/c1-18-13-27(24(32)35-25(2,3)4)10-11-29(18)21-12-20(22(30)34-17-26)14-28(15-21)23(31)33-16-19-8-6-5-7-9-19/h5-9,18,20-21H,10-17H2,1-4H3/t18-,20?,21?/m0/s1. The number of benzene rings is 1. The SMILES string of the molecule is C[C@H]1CN(C(=O)OC(C)(C)C)CCN1C1CC(C(=O)OCCl)CN(C(=O)OCc2ccccc2)C1. The lowest BCUT2D eigenvalue weighted by Crippen LogP contribution is -2.62. The number of piperidine rings is 1. The summed E-state index contributed by atoms with van der Waals surface area (Å²) in [4.78, 5) is 43.5. The number of rotatable bonds is 5. The Morgan fingerprint density at radius 2 is 1.69 bits per heavy atom. The molecular formula is C25H36ClN3O6. The van der Waals surface area contributed by atoms with E-state index in [1.165, 1.54) is 0 Å². The Morgan fingerprint density at radius 3 is 2.31 bits per heavy atom. The van der Waals surface area contributed by atoms with Gasteiger partial charge in [-0.1, -0.05) is 41.9 Å². The molecule has 1 aromatic rings. The maximum Gasteiger partial charge on any atom is 0.410 e. The number of alkyl halides is 1. The van der Waals surface area contributed by atoms with E-state index in [0.717, 1.165) is 5.56 Å². The van der Waals surface area contributed by atoms with Gasteiger partial charge in [0.05, 0.1) is 5.92 Å². The van der Waals surface area contributed by atoms with Crippen LogP contribution < -0.4 is 0 Å². The number of likely N-dealkylation sites (tertiary alicyclic amines) is 1. The van der Waals surface area contributed by atoms with Crippen LogP contribution >= 0.6 is 11.6 Å². The smallest absolute Gasteiger partial charge is 0.410 e. The molecule has 2 aliphatic heterocycles. The first-order chi connectivity index (χ1) is 16.6. The predicted octanol–water partition coefficient (Wildman–Crippen LogP) is 3.69. The molecule has 0 bridgehead atoms. The second-order valence-electron chi connectivity index (χ2n) is 10.1. The third kappa shape index (κ3) is 7.73. The Labute approximate surface area is 212 Å². The third-order valence-corrected chi connectivity index (χ3v) is 6.33. The van der Waals surface area contributed by atoms with E-state index in [4.69, 9.17) is 25.8 Å². The van der Waals surface area contributed by atoms with Gasteiger partial charge in [0.15, 0.2) is 6.07 Å². The number of ether oxygens (including phenoxy) is 3. The number of nitrogens with zero attached hydrogens (tertiary/aromatic N) is 3. The van der Waals surface area contributed by atoms with Crippen LogP contribution in [-0.4, -0.2) is 89.3 Å². The second-order valence-corrected chi connectivity index (χ2v) is 10.3. The molecule has 0 saturated carbocycles. The van der Waals surface area contributed by atoms with Gasteiger partial charge in [0.25, 0.3) is 0 Å². The summed E-state index contributed by atoms with van der Waals surface area (Å²) in [5.41, 5.74) is 0.330. The molecule has 194 valence electrons. The molecule has 35 heavy (non-hydrogen) atoms. The lowest BCUT2D eigenvalue weighted by molar-refractivity contribution is -0.149. The average molecular weight is 510 g/mol. The van der Waals surface area contributed by atoms with Crippen molar-refractivity contribution >= 4 is 29.8 Å². The molecule has 0 radical (unpaired) electrons. The van der Waals surface area contributed by atoms with E-state index >= 15 is 0 Å². The van der Waals surface area contributed by atoms with E-state index in [9.17, 15) is 14.4 Å². The quantitative estimate of drug-likeness (QED) is 0.340. The third-order valence-electron chi connectivity index (χ3n) is 6.22. The van der Waals surface area contributed by atoms with Gasteiger partial charge in [-0.05, 0) is 39.7 Å². The van der Waals surface area contributed by atoms with Crippen molar-refractivity contribution in [3.63, 3.8) is 0 Å². The molecule has 0 aromatic heterocycles. The van der Waals surface area contributed by atoms with Crippen LogP contribution in [0, 0.1) is 5.92 Å². The predicted molar refractivity (Wildman–Crippen MR) is 131 cm³/mol. The molecule has 9 nitrogen and oxygen atoms in total. The van der Waals surface area contributed by atoms with Crippen LogP contribution in [0.5, 0.6) is 0 Å². The van der Waals surface area contributed by atoms with Gasteiger partial charge < -0.3 is 24.0 Å². The zero-order chi connectivity index (χ0) is 25.6. The first-order valence-corrected chi connectivity index (χ1v) is 12.5. The van der Waals surface area contributed by atoms with E-state index in [1.54, 1.807) is 9.80 Å². The van der Waals surface area contributed by atoms with E-state index in [1.807, 2.05) is 58.0 Å². The van der Waals surface area contributed by atoms with Gasteiger partial charge in [-0.3, -0.25) is 9.69 Å². The number of carbonyl (C=O) groups excluding carboxylic acids is 3. The highest BCUT2D eigenvalue weighted by Crippen LogP contribution is 2.27. The van der Waals surface area contributed by atoms with Crippen molar-refractivity contribution in [1.29, 1.82) is 0 Å². The minimum Gasteiger partial charge on any atom is -0.449 e. The second kappa shape index (κ2) is 11.9. The summed E-state index contributed by atoms with van der Waals surface area (Å²) in [6, 6.07) is 9.15. The molecule has 0 aliphatic carbocycles. The zero-order valence-corrected chi connectivity index (χ0v) is 21.7. The largest absolute Gasteiger partial charge is 0.449 e. The van der Waals surface area contributed by atoms with E-state index in [-0.39, 0.29) is 37.4 Å². The normalized spacial score (nSPS) is 23.5. The van der Waals surface area contributed by atoms with Crippen molar-refractivity contribution in [2.45, 2.75) is 58.4 Å². The van der Waals surface area contributed by atoms with Crippen LogP contribution in [0.1, 0.15) is 39.7 Å². The Hall–Kier alpha value is -2.52. The van der Waals surface area contributed by atoms with Crippen LogP contribution in [0.15, 0.2) is 30.3 Å². The molecule has 2 fully saturated rings. The first-order valence-electron chi connectivity index (χ1n) is 12.0. The van der Waals surface area contributed by atoms with Gasteiger partial charge in [0.1, 0.15) is 12.2 Å². The molecule has 2 heterocycles. The van der Waals surface area contributed by atoms with E-state index < -0.39 is 23.6 Å². The highest BCUT2D eigenvalue weighted by molar-refractivity contribution is 6.17. The number of amides is 2. The molecule has 2 unspecified atom stereocenters. The summed E-state index contributed by atoms with van der Waals surface area (Å²) in [5.74, 6) is -0.932. The molecular weight excluding hydrogens is 474 g/mol. The molecule has 3 atom stereocenters. The fourth-order valence-electron chi connectivity index (χ4n) is 4.62. The van der Waals surface area contributed by atoms with Gasteiger partial charge in [-0.25, -0.2) is 9.59 Å². The van der Waals surface area contributed by atoms with Gasteiger partial charge in [-0.15, -0.1) is 0 Å². The summed E-state index contributed by atoms with van der Waals surface area (Å²) in [7, 11) is 0. The van der Waals surface area contributed by atoms with Crippen molar-refractivity contribution in [3.05, 3.63) is 35.9 Å². The summed E-state index contributed by atoms with van der Waals surface area (Å²) in [5, 5.41) is 0. The van der Waals surface area contributed by atoms with Crippen LogP contribution in [0.25, 0.3) is 0 Å². The summed E-state index contributed by atoms with van der Waals surface area (Å²) in [6.45, 7) is 9.98. The number of esters is 1. The minimum absolute atomic E-state index is 0.0197. The lowest BCUT2D eigenvalue weighted by Gasteiger charge is -2.47. The monoisotopic (exact) mass is 509 g/mol. The lowest BCUT2D eigenvalue weighted by atomic mass is 9.92. The van der Waals surface area contributed by atoms with Gasteiger partial charge >= 0.3 is 18.2 Å². The fourth-order valence-corrected chi connectivity index (χ4v) is 4.73. The number of piperazine rings is 1. The highest BCUT2D eigenvalue weighted by atomic mass is 35.5. The Balaban J connectivity index is 1.66. The van der Waals surface area contributed by atoms with Crippen LogP contribution in [0.4, 0.5) is 9.59 Å². The van der Waals surface area contributed by atoms with Gasteiger partial charge in [0, 0.05) is 44.8 Å². The number of halogens is 1. The van der Waals surface area contributed by atoms with Crippen molar-refractivity contribution in [1.82, 2.24) is 14.7 Å². The molecule has 2 aliphatic rings. The maximum atomic E-state index is 12.9. The number of hydrogen-bond donors (Lipinski definition) is 0.